The van der Waals surface area contributed by atoms with E-state index in [9.17, 15) is 9.59 Å². The van der Waals surface area contributed by atoms with Crippen LogP contribution < -0.4 is 0 Å². The van der Waals surface area contributed by atoms with Crippen LogP contribution in [-0.4, -0.2) is 11.6 Å². The van der Waals surface area contributed by atoms with E-state index in [2.05, 4.69) is 0 Å². The predicted molar refractivity (Wildman–Crippen MR) is 65.0 cm³/mol. The van der Waals surface area contributed by atoms with Gasteiger partial charge in [-0.15, -0.1) is 0 Å². The molecule has 0 radical (unpaired) electrons. The van der Waals surface area contributed by atoms with Gasteiger partial charge in [-0.25, -0.2) is 0 Å². The Bertz CT molecular complexity index is 377. The second-order valence-corrected chi connectivity index (χ2v) is 3.77. The molecule has 2 heteroatoms. The summed E-state index contributed by atoms with van der Waals surface area (Å²) in [4.78, 5) is 22.1. The van der Waals surface area contributed by atoms with E-state index in [4.69, 9.17) is 0 Å². The molecule has 0 spiro atoms. The molecular formula is C14H16O2. The maximum Gasteiger partial charge on any atom is 0.155 e. The van der Waals surface area contributed by atoms with Crippen molar-refractivity contribution in [1.29, 1.82) is 0 Å². The van der Waals surface area contributed by atoms with Crippen molar-refractivity contribution in [2.24, 2.45) is 0 Å². The molecule has 1 rings (SSSR count). The lowest BCUT2D eigenvalue weighted by atomic mass is 10.1. The quantitative estimate of drug-likeness (QED) is 0.685. The lowest BCUT2D eigenvalue weighted by Gasteiger charge is -1.94. The average molecular weight is 216 g/mol. The number of hydrogen-bond acceptors (Lipinski definition) is 2. The van der Waals surface area contributed by atoms with Gasteiger partial charge in [-0.2, -0.15) is 0 Å². The third-order valence-electron chi connectivity index (χ3n) is 2.21. The van der Waals surface area contributed by atoms with E-state index in [1.165, 1.54) is 0 Å². The Morgan fingerprint density at radius 2 is 1.81 bits per heavy atom. The smallest absolute Gasteiger partial charge is 0.155 e. The molecule has 0 saturated carbocycles. The summed E-state index contributed by atoms with van der Waals surface area (Å²) in [7, 11) is 0. The number of allylic oxidation sites excluding steroid dienone is 1. The van der Waals surface area contributed by atoms with Crippen molar-refractivity contribution >= 4 is 17.6 Å². The molecule has 0 aromatic heterocycles. The minimum Gasteiger partial charge on any atom is -0.300 e. The predicted octanol–water partition coefficient (Wildman–Crippen LogP) is 3.03. The van der Waals surface area contributed by atoms with Crippen molar-refractivity contribution in [3.8, 4) is 0 Å². The van der Waals surface area contributed by atoms with Crippen LogP contribution in [0, 0.1) is 0 Å². The lowest BCUT2D eigenvalue weighted by Crippen LogP contribution is -1.95. The van der Waals surface area contributed by atoms with Crippen LogP contribution in [0.1, 0.15) is 31.7 Å². The summed E-state index contributed by atoms with van der Waals surface area (Å²) >= 11 is 0. The number of ketones is 2. The molecule has 1 aromatic carbocycles. The van der Waals surface area contributed by atoms with Crippen LogP contribution >= 0.6 is 0 Å². The SMILES string of the molecule is CC(=O)CCCC(=O)/C=C/c1ccccc1. The summed E-state index contributed by atoms with van der Waals surface area (Å²) in [5.41, 5.74) is 1.02. The zero-order valence-electron chi connectivity index (χ0n) is 9.48. The Labute approximate surface area is 96.0 Å². The number of carbonyl (C=O) groups is 2. The number of benzene rings is 1. The summed E-state index contributed by atoms with van der Waals surface area (Å²) in [6.45, 7) is 1.55. The molecule has 2 nitrogen and oxygen atoms in total. The van der Waals surface area contributed by atoms with Crippen LogP contribution in [0.15, 0.2) is 36.4 Å². The first kappa shape index (κ1) is 12.4. The molecule has 16 heavy (non-hydrogen) atoms. The van der Waals surface area contributed by atoms with Crippen LogP contribution in [0.25, 0.3) is 6.08 Å². The van der Waals surface area contributed by atoms with Crippen LogP contribution in [0.3, 0.4) is 0 Å². The van der Waals surface area contributed by atoms with E-state index in [0.29, 0.717) is 19.3 Å². The highest BCUT2D eigenvalue weighted by Gasteiger charge is 1.98. The third kappa shape index (κ3) is 5.25. The first-order chi connectivity index (χ1) is 7.68. The fourth-order valence-electron chi connectivity index (χ4n) is 1.35. The Hall–Kier alpha value is -1.70. The molecule has 0 aliphatic heterocycles. The Balaban J connectivity index is 2.34. The largest absolute Gasteiger partial charge is 0.300 e. The summed E-state index contributed by atoms with van der Waals surface area (Å²) in [5.74, 6) is 0.213. The summed E-state index contributed by atoms with van der Waals surface area (Å²) in [6, 6.07) is 9.69. The zero-order valence-corrected chi connectivity index (χ0v) is 9.48. The van der Waals surface area contributed by atoms with Crippen molar-refractivity contribution in [3.05, 3.63) is 42.0 Å². The van der Waals surface area contributed by atoms with Crippen LogP contribution in [-0.2, 0) is 9.59 Å². The van der Waals surface area contributed by atoms with Gasteiger partial charge >= 0.3 is 0 Å². The van der Waals surface area contributed by atoms with Crippen molar-refractivity contribution in [1.82, 2.24) is 0 Å². The van der Waals surface area contributed by atoms with Crippen LogP contribution in [0.4, 0.5) is 0 Å². The van der Waals surface area contributed by atoms with Gasteiger partial charge in [0.1, 0.15) is 5.78 Å². The highest BCUT2D eigenvalue weighted by atomic mass is 16.1. The minimum absolute atomic E-state index is 0.0742. The average Bonchev–Trinajstić information content (AvgIpc) is 2.27. The Morgan fingerprint density at radius 1 is 1.12 bits per heavy atom. The standard InChI is InChI=1S/C14H16O2/c1-12(15)6-5-9-14(16)11-10-13-7-3-2-4-8-13/h2-4,7-8,10-11H,5-6,9H2,1H3/b11-10+. The maximum absolute atomic E-state index is 11.4. The Morgan fingerprint density at radius 3 is 2.44 bits per heavy atom. The van der Waals surface area contributed by atoms with Gasteiger partial charge in [0.15, 0.2) is 5.78 Å². The molecule has 0 amide bonds. The first-order valence-corrected chi connectivity index (χ1v) is 5.44. The molecule has 0 aliphatic carbocycles. The number of carbonyl (C=O) groups excluding carboxylic acids is 2. The minimum atomic E-state index is 0.0742. The van der Waals surface area contributed by atoms with Crippen molar-refractivity contribution in [2.75, 3.05) is 0 Å². The summed E-state index contributed by atoms with van der Waals surface area (Å²) in [6.07, 6.45) is 4.96. The zero-order chi connectivity index (χ0) is 11.8. The van der Waals surface area contributed by atoms with E-state index in [-0.39, 0.29) is 11.6 Å². The third-order valence-corrected chi connectivity index (χ3v) is 2.21. The number of rotatable bonds is 6. The van der Waals surface area contributed by atoms with Crippen molar-refractivity contribution in [2.45, 2.75) is 26.2 Å². The molecule has 0 N–H and O–H groups in total. The molecule has 84 valence electrons. The van der Waals surface area contributed by atoms with E-state index in [1.807, 2.05) is 30.3 Å². The van der Waals surface area contributed by atoms with Gasteiger partial charge in [-0.3, -0.25) is 4.79 Å². The van der Waals surface area contributed by atoms with Crippen molar-refractivity contribution in [3.63, 3.8) is 0 Å². The Kier molecular flexibility index (Phi) is 5.20. The van der Waals surface area contributed by atoms with Crippen molar-refractivity contribution < 1.29 is 9.59 Å². The van der Waals surface area contributed by atoms with E-state index < -0.39 is 0 Å². The number of hydrogen-bond donors (Lipinski definition) is 0. The maximum atomic E-state index is 11.4. The molecule has 0 unspecified atom stereocenters. The number of Topliss-reactive ketones (excluding diaryl/α,β-unsaturated/α-hetero) is 1. The van der Waals surface area contributed by atoms with Gasteiger partial charge in [0, 0.05) is 12.8 Å². The second kappa shape index (κ2) is 6.72. The van der Waals surface area contributed by atoms with Crippen LogP contribution in [0.5, 0.6) is 0 Å². The van der Waals surface area contributed by atoms with Gasteiger partial charge in [0.05, 0.1) is 0 Å². The highest BCUT2D eigenvalue weighted by molar-refractivity contribution is 5.93. The van der Waals surface area contributed by atoms with Gasteiger partial charge in [0.25, 0.3) is 0 Å². The molecule has 0 heterocycles. The fraction of sp³-hybridized carbons (Fsp3) is 0.286. The lowest BCUT2D eigenvalue weighted by molar-refractivity contribution is -0.117. The molecule has 1 aromatic rings. The normalized spacial score (nSPS) is 10.6. The monoisotopic (exact) mass is 216 g/mol. The van der Waals surface area contributed by atoms with Crippen LogP contribution in [0.2, 0.25) is 0 Å². The topological polar surface area (TPSA) is 34.1 Å². The summed E-state index contributed by atoms with van der Waals surface area (Å²) in [5, 5.41) is 0. The molecule has 0 aliphatic rings. The second-order valence-electron chi connectivity index (χ2n) is 3.77. The van der Waals surface area contributed by atoms with Gasteiger partial charge in [-0.1, -0.05) is 36.4 Å². The summed E-state index contributed by atoms with van der Waals surface area (Å²) < 4.78 is 0. The first-order valence-electron chi connectivity index (χ1n) is 5.44. The van der Waals surface area contributed by atoms with Gasteiger partial charge in [0.2, 0.25) is 0 Å². The molecule has 0 fully saturated rings. The van der Waals surface area contributed by atoms with Gasteiger partial charge < -0.3 is 4.79 Å². The van der Waals surface area contributed by atoms with E-state index >= 15 is 0 Å². The molecule has 0 saturated heterocycles. The van der Waals surface area contributed by atoms with E-state index in [0.717, 1.165) is 5.56 Å². The van der Waals surface area contributed by atoms with E-state index in [1.54, 1.807) is 19.1 Å². The fourth-order valence-corrected chi connectivity index (χ4v) is 1.35. The molecule has 0 bridgehead atoms. The molecule has 0 atom stereocenters. The molecular weight excluding hydrogens is 200 g/mol. The highest BCUT2D eigenvalue weighted by Crippen LogP contribution is 2.03. The van der Waals surface area contributed by atoms with Gasteiger partial charge in [-0.05, 0) is 25.0 Å².